The van der Waals surface area contributed by atoms with Crippen molar-refractivity contribution in [2.75, 3.05) is 13.2 Å². The van der Waals surface area contributed by atoms with Crippen LogP contribution >= 0.6 is 0 Å². The molecule has 0 aromatic carbocycles. The van der Waals surface area contributed by atoms with E-state index in [4.69, 9.17) is 15.2 Å². The summed E-state index contributed by atoms with van der Waals surface area (Å²) >= 11 is 0. The van der Waals surface area contributed by atoms with Gasteiger partial charge in [0.1, 0.15) is 24.6 Å². The van der Waals surface area contributed by atoms with Gasteiger partial charge in [0, 0.05) is 13.2 Å². The fourth-order valence-corrected chi connectivity index (χ4v) is 2.87. The summed E-state index contributed by atoms with van der Waals surface area (Å²) in [4.78, 5) is 0. The zero-order chi connectivity index (χ0) is 16.9. The quantitative estimate of drug-likeness (QED) is 0.451. The molecule has 0 amide bonds. The third-order valence-corrected chi connectivity index (χ3v) is 4.38. The molecule has 0 unspecified atom stereocenters. The van der Waals surface area contributed by atoms with Crippen molar-refractivity contribution in [1.82, 2.24) is 0 Å². The lowest BCUT2D eigenvalue weighted by molar-refractivity contribution is -0.117. The van der Waals surface area contributed by atoms with E-state index >= 15 is 0 Å². The van der Waals surface area contributed by atoms with Crippen LogP contribution in [0, 0.1) is 0 Å². The van der Waals surface area contributed by atoms with Gasteiger partial charge in [-0.05, 0) is 6.42 Å². The van der Waals surface area contributed by atoms with Crippen LogP contribution in [0.2, 0.25) is 0 Å². The van der Waals surface area contributed by atoms with Gasteiger partial charge in [-0.2, -0.15) is 0 Å². The smallest absolute Gasteiger partial charge is 0.158 e. The van der Waals surface area contributed by atoms with Gasteiger partial charge in [0.2, 0.25) is 0 Å². The molecule has 0 fully saturated rings. The van der Waals surface area contributed by atoms with Gasteiger partial charge in [0.25, 0.3) is 0 Å². The van der Waals surface area contributed by atoms with E-state index in [-0.39, 0.29) is 12.3 Å². The van der Waals surface area contributed by atoms with E-state index in [1.54, 1.807) is 0 Å². The summed E-state index contributed by atoms with van der Waals surface area (Å²) in [7, 11) is 0. The van der Waals surface area contributed by atoms with Gasteiger partial charge in [0.15, 0.2) is 5.76 Å². The summed E-state index contributed by atoms with van der Waals surface area (Å²) < 4.78 is 10.9. The molecule has 0 aliphatic carbocycles. The van der Waals surface area contributed by atoms with E-state index in [0.29, 0.717) is 6.61 Å². The monoisotopic (exact) mass is 329 g/mol. The first-order valence-corrected chi connectivity index (χ1v) is 9.25. The van der Waals surface area contributed by atoms with Gasteiger partial charge in [-0.15, -0.1) is 0 Å². The van der Waals surface area contributed by atoms with Crippen LogP contribution in [0.15, 0.2) is 12.0 Å². The van der Waals surface area contributed by atoms with Gasteiger partial charge in [-0.3, -0.25) is 0 Å². The SMILES string of the molecule is CCCCCCCCCCCCO[C@H]1[C@H](O)C(O)=CO[C@@H]1CN. The second-order valence-corrected chi connectivity index (χ2v) is 6.42. The first-order chi connectivity index (χ1) is 11.2. The second kappa shape index (κ2) is 12.6. The molecule has 0 radical (unpaired) electrons. The molecule has 1 aliphatic rings. The standard InChI is InChI=1S/C18H35NO4/c1-2-3-4-5-6-7-8-9-10-11-12-22-18-16(13-19)23-14-15(20)17(18)21/h14,16-18,20-21H,2-13,19H2,1H3/t16-,17-,18-/m1/s1. The zero-order valence-electron chi connectivity index (χ0n) is 14.6. The first-order valence-electron chi connectivity index (χ1n) is 9.25. The first kappa shape index (κ1) is 20.3. The molecule has 1 heterocycles. The van der Waals surface area contributed by atoms with Gasteiger partial charge in [0.05, 0.1) is 0 Å². The van der Waals surface area contributed by atoms with Gasteiger partial charge in [-0.25, -0.2) is 0 Å². The Labute approximate surface area is 140 Å². The number of hydrogen-bond acceptors (Lipinski definition) is 5. The van der Waals surface area contributed by atoms with Crippen molar-refractivity contribution < 1.29 is 19.7 Å². The molecule has 5 nitrogen and oxygen atoms in total. The summed E-state index contributed by atoms with van der Waals surface area (Å²) in [5, 5.41) is 19.4. The minimum absolute atomic E-state index is 0.192. The second-order valence-electron chi connectivity index (χ2n) is 6.42. The van der Waals surface area contributed by atoms with E-state index in [2.05, 4.69) is 6.92 Å². The molecule has 3 atom stereocenters. The van der Waals surface area contributed by atoms with Crippen LogP contribution in [0.1, 0.15) is 71.1 Å². The highest BCUT2D eigenvalue weighted by molar-refractivity contribution is 5.04. The summed E-state index contributed by atoms with van der Waals surface area (Å²) in [6.07, 6.45) is 11.8. The summed E-state index contributed by atoms with van der Waals surface area (Å²) in [5.41, 5.74) is 5.60. The summed E-state index contributed by atoms with van der Waals surface area (Å²) in [5.74, 6) is -0.192. The zero-order valence-corrected chi connectivity index (χ0v) is 14.6. The minimum atomic E-state index is -1.04. The topological polar surface area (TPSA) is 84.9 Å². The Hall–Kier alpha value is -0.780. The molecule has 1 aliphatic heterocycles. The van der Waals surface area contributed by atoms with Crippen LogP contribution in [-0.4, -0.2) is 41.7 Å². The lowest BCUT2D eigenvalue weighted by Gasteiger charge is -2.32. The van der Waals surface area contributed by atoms with Crippen LogP contribution in [0.5, 0.6) is 0 Å². The van der Waals surface area contributed by atoms with Gasteiger partial charge in [-0.1, -0.05) is 64.7 Å². The molecule has 0 aromatic heterocycles. The molecule has 0 bridgehead atoms. The van der Waals surface area contributed by atoms with Crippen molar-refractivity contribution in [3.63, 3.8) is 0 Å². The third kappa shape index (κ3) is 8.04. The van der Waals surface area contributed by atoms with Crippen LogP contribution < -0.4 is 5.73 Å². The average molecular weight is 329 g/mol. The fourth-order valence-electron chi connectivity index (χ4n) is 2.87. The molecule has 0 saturated carbocycles. The summed E-state index contributed by atoms with van der Waals surface area (Å²) in [6, 6.07) is 0. The summed E-state index contributed by atoms with van der Waals surface area (Å²) in [6.45, 7) is 3.06. The van der Waals surface area contributed by atoms with Crippen molar-refractivity contribution in [1.29, 1.82) is 0 Å². The van der Waals surface area contributed by atoms with Crippen LogP contribution in [0.3, 0.4) is 0 Å². The van der Waals surface area contributed by atoms with Crippen LogP contribution in [0.4, 0.5) is 0 Å². The highest BCUT2D eigenvalue weighted by Gasteiger charge is 2.35. The highest BCUT2D eigenvalue weighted by atomic mass is 16.6. The number of aliphatic hydroxyl groups is 2. The maximum atomic E-state index is 9.92. The van der Waals surface area contributed by atoms with Crippen LogP contribution in [0.25, 0.3) is 0 Å². The average Bonchev–Trinajstić information content (AvgIpc) is 2.56. The van der Waals surface area contributed by atoms with E-state index in [0.717, 1.165) is 19.1 Å². The van der Waals surface area contributed by atoms with Gasteiger partial charge < -0.3 is 25.4 Å². The Morgan fingerprint density at radius 2 is 1.61 bits per heavy atom. The molecule has 136 valence electrons. The predicted octanol–water partition coefficient (Wildman–Crippen LogP) is 3.41. The van der Waals surface area contributed by atoms with E-state index in [1.807, 2.05) is 0 Å². The normalized spacial score (nSPS) is 24.3. The molecular formula is C18H35NO4. The van der Waals surface area contributed by atoms with Crippen molar-refractivity contribution in [2.45, 2.75) is 89.4 Å². The molecule has 1 rings (SSSR count). The number of aliphatic hydroxyl groups excluding tert-OH is 2. The maximum absolute atomic E-state index is 9.92. The predicted molar refractivity (Wildman–Crippen MR) is 92.2 cm³/mol. The molecule has 23 heavy (non-hydrogen) atoms. The molecule has 0 saturated heterocycles. The Morgan fingerprint density at radius 3 is 2.17 bits per heavy atom. The Bertz CT molecular complexity index is 322. The van der Waals surface area contributed by atoms with Crippen molar-refractivity contribution in [3.05, 3.63) is 12.0 Å². The number of hydrogen-bond donors (Lipinski definition) is 3. The highest BCUT2D eigenvalue weighted by Crippen LogP contribution is 2.20. The molecule has 0 aromatic rings. The van der Waals surface area contributed by atoms with E-state index in [9.17, 15) is 10.2 Å². The Morgan fingerprint density at radius 1 is 1.04 bits per heavy atom. The minimum Gasteiger partial charge on any atom is -0.506 e. The number of ether oxygens (including phenoxy) is 2. The fraction of sp³-hybridized carbons (Fsp3) is 0.889. The van der Waals surface area contributed by atoms with Crippen molar-refractivity contribution in [2.24, 2.45) is 5.73 Å². The Kier molecular flexibility index (Phi) is 11.1. The van der Waals surface area contributed by atoms with E-state index in [1.165, 1.54) is 51.4 Å². The number of unbranched alkanes of at least 4 members (excludes halogenated alkanes) is 9. The lowest BCUT2D eigenvalue weighted by atomic mass is 10.0. The third-order valence-electron chi connectivity index (χ3n) is 4.38. The van der Waals surface area contributed by atoms with Crippen molar-refractivity contribution in [3.8, 4) is 0 Å². The van der Waals surface area contributed by atoms with Crippen LogP contribution in [-0.2, 0) is 9.47 Å². The molecule has 4 N–H and O–H groups in total. The Balaban J connectivity index is 2.00. The molecule has 0 spiro atoms. The molecular weight excluding hydrogens is 294 g/mol. The van der Waals surface area contributed by atoms with Gasteiger partial charge >= 0.3 is 0 Å². The van der Waals surface area contributed by atoms with E-state index < -0.39 is 18.3 Å². The number of nitrogens with two attached hydrogens (primary N) is 1. The largest absolute Gasteiger partial charge is 0.506 e. The lowest BCUT2D eigenvalue weighted by Crippen LogP contribution is -2.48. The molecule has 5 heteroatoms. The van der Waals surface area contributed by atoms with Crippen molar-refractivity contribution >= 4 is 0 Å². The number of rotatable bonds is 13. The maximum Gasteiger partial charge on any atom is 0.158 e.